The molecular weight excluding hydrogens is 370 g/mol. The number of methoxy groups -OCH3 is 1. The zero-order valence-electron chi connectivity index (χ0n) is 18.1. The van der Waals surface area contributed by atoms with Crippen LogP contribution in [-0.4, -0.2) is 25.3 Å². The number of likely N-dealkylation sites (N-methyl/N-ethyl adjacent to an activating group) is 1. The molecule has 0 bridgehead atoms. The van der Waals surface area contributed by atoms with E-state index < -0.39 is 0 Å². The van der Waals surface area contributed by atoms with Crippen molar-refractivity contribution in [3.63, 3.8) is 0 Å². The van der Waals surface area contributed by atoms with E-state index in [-0.39, 0.29) is 5.60 Å². The molecule has 30 heavy (non-hydrogen) atoms. The summed E-state index contributed by atoms with van der Waals surface area (Å²) >= 11 is 0. The second-order valence-corrected chi connectivity index (χ2v) is 8.71. The van der Waals surface area contributed by atoms with E-state index in [0.717, 1.165) is 37.3 Å². The van der Waals surface area contributed by atoms with Crippen molar-refractivity contribution in [3.05, 3.63) is 66.2 Å². The minimum absolute atomic E-state index is 0.118. The van der Waals surface area contributed by atoms with E-state index in [1.165, 1.54) is 41.3 Å². The van der Waals surface area contributed by atoms with E-state index in [1.807, 2.05) is 6.07 Å². The second kappa shape index (κ2) is 7.86. The number of rotatable bonds is 4. The molecule has 0 amide bonds. The Balaban J connectivity index is 1.62. The Labute approximate surface area is 179 Å². The van der Waals surface area contributed by atoms with Gasteiger partial charge in [0.05, 0.1) is 13.2 Å². The van der Waals surface area contributed by atoms with Crippen molar-refractivity contribution in [3.8, 4) is 11.5 Å². The molecule has 2 aliphatic rings. The van der Waals surface area contributed by atoms with Crippen molar-refractivity contribution < 1.29 is 9.47 Å². The van der Waals surface area contributed by atoms with Gasteiger partial charge in [-0.05, 0) is 62.3 Å². The van der Waals surface area contributed by atoms with Crippen molar-refractivity contribution in [1.82, 2.24) is 0 Å². The normalized spacial score (nSPS) is 19.9. The van der Waals surface area contributed by atoms with Gasteiger partial charge in [-0.15, -0.1) is 0 Å². The van der Waals surface area contributed by atoms with Crippen molar-refractivity contribution in [1.29, 1.82) is 0 Å². The monoisotopic (exact) mass is 401 g/mol. The first-order valence-corrected chi connectivity index (χ1v) is 11.3. The molecule has 0 radical (unpaired) electrons. The summed E-state index contributed by atoms with van der Waals surface area (Å²) in [6, 6.07) is 22.0. The molecule has 0 saturated heterocycles. The molecule has 1 atom stereocenters. The first-order valence-electron chi connectivity index (χ1n) is 11.3. The average Bonchev–Trinajstić information content (AvgIpc) is 2.80. The molecule has 1 fully saturated rings. The van der Waals surface area contributed by atoms with E-state index in [2.05, 4.69) is 66.4 Å². The van der Waals surface area contributed by atoms with Crippen molar-refractivity contribution in [2.24, 2.45) is 0 Å². The van der Waals surface area contributed by atoms with Gasteiger partial charge in [0.1, 0.15) is 17.1 Å². The number of fused-ring (bicyclic) bond motifs is 2. The number of nitrogens with zero attached hydrogens (tertiary/aromatic N) is 1. The van der Waals surface area contributed by atoms with E-state index in [0.29, 0.717) is 6.04 Å². The summed E-state index contributed by atoms with van der Waals surface area (Å²) in [5.41, 5.74) is 2.46. The summed E-state index contributed by atoms with van der Waals surface area (Å²) in [4.78, 5) is 2.61. The smallest absolute Gasteiger partial charge is 0.129 e. The predicted octanol–water partition coefficient (Wildman–Crippen LogP) is 6.38. The van der Waals surface area contributed by atoms with Gasteiger partial charge in [-0.25, -0.2) is 0 Å². The SMILES string of the molecule is CCN(c1cccc2ccccc12)C1Cc2cc(OC)ccc2OC12CCCCC2. The maximum atomic E-state index is 6.89. The van der Waals surface area contributed by atoms with Gasteiger partial charge in [0.25, 0.3) is 0 Å². The third-order valence-corrected chi connectivity index (χ3v) is 7.09. The maximum Gasteiger partial charge on any atom is 0.129 e. The molecule has 1 unspecified atom stereocenters. The van der Waals surface area contributed by atoms with Gasteiger partial charge in [0.2, 0.25) is 0 Å². The summed E-state index contributed by atoms with van der Waals surface area (Å²) in [5, 5.41) is 2.62. The Hall–Kier alpha value is -2.68. The van der Waals surface area contributed by atoms with E-state index in [1.54, 1.807) is 7.11 Å². The molecular formula is C27H31NO2. The van der Waals surface area contributed by atoms with Gasteiger partial charge in [-0.2, -0.15) is 0 Å². The van der Waals surface area contributed by atoms with Crippen LogP contribution in [0.2, 0.25) is 0 Å². The van der Waals surface area contributed by atoms with Crippen LogP contribution < -0.4 is 14.4 Å². The molecule has 0 N–H and O–H groups in total. The Morgan fingerprint density at radius 3 is 2.60 bits per heavy atom. The molecule has 1 heterocycles. The number of hydrogen-bond acceptors (Lipinski definition) is 3. The Morgan fingerprint density at radius 1 is 1.00 bits per heavy atom. The van der Waals surface area contributed by atoms with Crippen LogP contribution in [0.5, 0.6) is 11.5 Å². The zero-order valence-corrected chi connectivity index (χ0v) is 18.1. The van der Waals surface area contributed by atoms with E-state index >= 15 is 0 Å². The highest BCUT2D eigenvalue weighted by atomic mass is 16.5. The summed E-state index contributed by atoms with van der Waals surface area (Å²) in [5.74, 6) is 1.95. The second-order valence-electron chi connectivity index (χ2n) is 8.71. The molecule has 5 rings (SSSR count). The molecule has 1 aliphatic heterocycles. The number of hydrogen-bond donors (Lipinski definition) is 0. The lowest BCUT2D eigenvalue weighted by Crippen LogP contribution is -2.60. The molecule has 0 aromatic heterocycles. The van der Waals surface area contributed by atoms with Gasteiger partial charge >= 0.3 is 0 Å². The summed E-state index contributed by atoms with van der Waals surface area (Å²) in [7, 11) is 1.74. The highest BCUT2D eigenvalue weighted by Crippen LogP contribution is 2.46. The summed E-state index contributed by atoms with van der Waals surface area (Å²) < 4.78 is 12.4. The lowest BCUT2D eigenvalue weighted by atomic mass is 9.74. The molecule has 156 valence electrons. The van der Waals surface area contributed by atoms with Gasteiger partial charge in [-0.1, -0.05) is 42.8 Å². The van der Waals surface area contributed by atoms with Gasteiger partial charge in [0, 0.05) is 29.6 Å². The third kappa shape index (κ3) is 3.21. The summed E-state index contributed by atoms with van der Waals surface area (Å²) in [6.07, 6.45) is 7.05. The molecule has 3 nitrogen and oxygen atoms in total. The fourth-order valence-corrected chi connectivity index (χ4v) is 5.62. The Kier molecular flexibility index (Phi) is 5.06. The average molecular weight is 402 g/mol. The largest absolute Gasteiger partial charge is 0.497 e. The topological polar surface area (TPSA) is 21.7 Å². The standard InChI is InChI=1S/C27H31NO2/c1-3-28(24-13-9-11-20-10-5-6-12-23(20)24)26-19-21-18-22(29-2)14-15-25(21)30-27(26)16-7-4-8-17-27/h5-6,9-15,18,26H,3-4,7-8,16-17,19H2,1-2H3. The molecule has 3 aromatic carbocycles. The molecule has 3 aromatic rings. The van der Waals surface area contributed by atoms with Crippen LogP contribution in [0.3, 0.4) is 0 Å². The minimum Gasteiger partial charge on any atom is -0.497 e. The molecule has 1 spiro atoms. The molecule has 1 aliphatic carbocycles. The van der Waals surface area contributed by atoms with Crippen molar-refractivity contribution in [2.75, 3.05) is 18.6 Å². The van der Waals surface area contributed by atoms with Gasteiger partial charge < -0.3 is 14.4 Å². The highest BCUT2D eigenvalue weighted by molar-refractivity contribution is 5.94. The van der Waals surface area contributed by atoms with Gasteiger partial charge in [0.15, 0.2) is 0 Å². The van der Waals surface area contributed by atoms with E-state index in [9.17, 15) is 0 Å². The van der Waals surface area contributed by atoms with Crippen molar-refractivity contribution >= 4 is 16.5 Å². The summed E-state index contributed by atoms with van der Waals surface area (Å²) in [6.45, 7) is 3.24. The van der Waals surface area contributed by atoms with Crippen LogP contribution in [0, 0.1) is 0 Å². The Morgan fingerprint density at radius 2 is 1.80 bits per heavy atom. The highest BCUT2D eigenvalue weighted by Gasteiger charge is 2.48. The minimum atomic E-state index is -0.118. The lowest BCUT2D eigenvalue weighted by Gasteiger charge is -2.51. The van der Waals surface area contributed by atoms with Crippen LogP contribution in [0.15, 0.2) is 60.7 Å². The first-order chi connectivity index (χ1) is 14.7. The van der Waals surface area contributed by atoms with Gasteiger partial charge in [-0.3, -0.25) is 0 Å². The fourth-order valence-electron chi connectivity index (χ4n) is 5.62. The lowest BCUT2D eigenvalue weighted by molar-refractivity contribution is -0.00858. The zero-order chi connectivity index (χ0) is 20.6. The number of benzene rings is 3. The van der Waals surface area contributed by atoms with Crippen LogP contribution >= 0.6 is 0 Å². The van der Waals surface area contributed by atoms with Crippen LogP contribution in [0.4, 0.5) is 5.69 Å². The predicted molar refractivity (Wildman–Crippen MR) is 124 cm³/mol. The Bertz CT molecular complexity index is 1030. The van der Waals surface area contributed by atoms with Crippen LogP contribution in [0.25, 0.3) is 10.8 Å². The maximum absolute atomic E-state index is 6.89. The molecule has 3 heteroatoms. The quantitative estimate of drug-likeness (QED) is 0.506. The third-order valence-electron chi connectivity index (χ3n) is 7.09. The number of anilines is 1. The van der Waals surface area contributed by atoms with Crippen LogP contribution in [-0.2, 0) is 6.42 Å². The fraction of sp³-hybridized carbons (Fsp3) is 0.407. The van der Waals surface area contributed by atoms with E-state index in [4.69, 9.17) is 9.47 Å². The van der Waals surface area contributed by atoms with Crippen LogP contribution in [0.1, 0.15) is 44.6 Å². The number of ether oxygens (including phenoxy) is 2. The molecule has 1 saturated carbocycles. The van der Waals surface area contributed by atoms with Crippen molar-refractivity contribution in [2.45, 2.75) is 57.1 Å². The first kappa shape index (κ1) is 19.3.